The summed E-state index contributed by atoms with van der Waals surface area (Å²) in [6, 6.07) is 9.12. The van der Waals surface area contributed by atoms with Crippen molar-refractivity contribution < 1.29 is 4.74 Å². The molecule has 18 heavy (non-hydrogen) atoms. The topological polar surface area (TPSA) is 38.5 Å². The number of hydrogen-bond donors (Lipinski definition) is 1. The summed E-state index contributed by atoms with van der Waals surface area (Å²) in [5.41, 5.74) is 8.71. The molecular weight excluding hydrogens is 224 g/mol. The minimum atomic E-state index is 0.0943. The Bertz CT molecular complexity index is 392. The van der Waals surface area contributed by atoms with Gasteiger partial charge < -0.3 is 10.5 Å². The van der Waals surface area contributed by atoms with Gasteiger partial charge in [0.2, 0.25) is 0 Å². The number of ether oxygens (including phenoxy) is 1. The van der Waals surface area contributed by atoms with Crippen LogP contribution >= 0.6 is 0 Å². The first-order valence-electron chi connectivity index (χ1n) is 6.76. The highest BCUT2D eigenvalue weighted by molar-refractivity contribution is 5.28. The Labute approximate surface area is 110 Å². The van der Waals surface area contributed by atoms with Crippen LogP contribution in [0.2, 0.25) is 0 Å². The minimum absolute atomic E-state index is 0.0943. The second-order valence-corrected chi connectivity index (χ2v) is 5.30. The average molecular weight is 248 g/mol. The smallest absolute Gasteiger partial charge is 0.0850 e. The first-order valence-corrected chi connectivity index (χ1v) is 6.76. The number of hydrogen-bond acceptors (Lipinski definition) is 3. The summed E-state index contributed by atoms with van der Waals surface area (Å²) in [5.74, 6) is 0. The summed E-state index contributed by atoms with van der Waals surface area (Å²) in [5, 5.41) is 0. The molecule has 1 saturated heterocycles. The molecule has 1 aliphatic rings. The molecule has 1 heterocycles. The summed E-state index contributed by atoms with van der Waals surface area (Å²) >= 11 is 0. The number of aryl methyl sites for hydroxylation is 1. The van der Waals surface area contributed by atoms with Gasteiger partial charge >= 0.3 is 0 Å². The molecule has 3 unspecified atom stereocenters. The third-order valence-electron chi connectivity index (χ3n) is 3.90. The second-order valence-electron chi connectivity index (χ2n) is 5.30. The van der Waals surface area contributed by atoms with Crippen LogP contribution in [0.25, 0.3) is 0 Å². The third-order valence-corrected chi connectivity index (χ3v) is 3.90. The normalized spacial score (nSPS) is 24.8. The van der Waals surface area contributed by atoms with Crippen LogP contribution in [0.5, 0.6) is 0 Å². The van der Waals surface area contributed by atoms with Crippen molar-refractivity contribution in [2.75, 3.05) is 19.7 Å². The van der Waals surface area contributed by atoms with Crippen LogP contribution in [0, 0.1) is 6.92 Å². The zero-order valence-corrected chi connectivity index (χ0v) is 11.6. The fraction of sp³-hybridized carbons (Fsp3) is 0.600. The van der Waals surface area contributed by atoms with Crippen LogP contribution in [-0.4, -0.2) is 36.7 Å². The molecule has 3 atom stereocenters. The van der Waals surface area contributed by atoms with E-state index in [9.17, 15) is 0 Å². The second kappa shape index (κ2) is 5.83. The quantitative estimate of drug-likeness (QED) is 0.890. The van der Waals surface area contributed by atoms with Crippen LogP contribution in [0.3, 0.4) is 0 Å². The van der Waals surface area contributed by atoms with Crippen LogP contribution in [-0.2, 0) is 4.74 Å². The standard InChI is InChI=1S/C15H24N2O/c1-11-6-4-5-7-14(11)13(3)17-8-9-18-15(10-17)12(2)16/h4-7,12-13,15H,8-10,16H2,1-3H3. The van der Waals surface area contributed by atoms with Gasteiger partial charge in [0.25, 0.3) is 0 Å². The van der Waals surface area contributed by atoms with E-state index in [2.05, 4.69) is 43.0 Å². The van der Waals surface area contributed by atoms with E-state index in [1.807, 2.05) is 6.92 Å². The number of benzene rings is 1. The maximum atomic E-state index is 5.95. The Hall–Kier alpha value is -0.900. The first-order chi connectivity index (χ1) is 8.59. The van der Waals surface area contributed by atoms with E-state index in [0.29, 0.717) is 6.04 Å². The van der Waals surface area contributed by atoms with Gasteiger partial charge in [0, 0.05) is 25.2 Å². The zero-order chi connectivity index (χ0) is 13.1. The lowest BCUT2D eigenvalue weighted by Crippen LogP contribution is -2.50. The number of rotatable bonds is 3. The molecular formula is C15H24N2O. The molecule has 0 aromatic heterocycles. The van der Waals surface area contributed by atoms with Crippen LogP contribution in [0.15, 0.2) is 24.3 Å². The number of nitrogens with two attached hydrogens (primary N) is 1. The van der Waals surface area contributed by atoms with Crippen molar-refractivity contribution in [2.24, 2.45) is 5.73 Å². The maximum Gasteiger partial charge on any atom is 0.0850 e. The van der Waals surface area contributed by atoms with Gasteiger partial charge in [-0.2, -0.15) is 0 Å². The molecule has 2 N–H and O–H groups in total. The van der Waals surface area contributed by atoms with Crippen molar-refractivity contribution in [3.63, 3.8) is 0 Å². The summed E-state index contributed by atoms with van der Waals surface area (Å²) < 4.78 is 5.72. The predicted molar refractivity (Wildman–Crippen MR) is 74.6 cm³/mol. The molecule has 0 radical (unpaired) electrons. The molecule has 0 saturated carbocycles. The average Bonchev–Trinajstić information content (AvgIpc) is 2.38. The van der Waals surface area contributed by atoms with Gasteiger partial charge in [-0.15, -0.1) is 0 Å². The van der Waals surface area contributed by atoms with E-state index in [4.69, 9.17) is 10.5 Å². The third kappa shape index (κ3) is 2.91. The van der Waals surface area contributed by atoms with Gasteiger partial charge in [0.15, 0.2) is 0 Å². The molecule has 3 nitrogen and oxygen atoms in total. The highest BCUT2D eigenvalue weighted by Crippen LogP contribution is 2.25. The van der Waals surface area contributed by atoms with Gasteiger partial charge in [0.1, 0.15) is 0 Å². The first kappa shape index (κ1) is 13.5. The SMILES string of the molecule is Cc1ccccc1C(C)N1CCOC(C(C)N)C1. The Morgan fingerprint density at radius 3 is 2.72 bits per heavy atom. The monoisotopic (exact) mass is 248 g/mol. The van der Waals surface area contributed by atoms with Crippen molar-refractivity contribution in [1.29, 1.82) is 0 Å². The van der Waals surface area contributed by atoms with Gasteiger partial charge in [-0.25, -0.2) is 0 Å². The maximum absolute atomic E-state index is 5.95. The van der Waals surface area contributed by atoms with Gasteiger partial charge in [-0.3, -0.25) is 4.90 Å². The van der Waals surface area contributed by atoms with Crippen molar-refractivity contribution in [2.45, 2.75) is 39.0 Å². The molecule has 3 heteroatoms. The van der Waals surface area contributed by atoms with Gasteiger partial charge in [-0.05, 0) is 31.9 Å². The lowest BCUT2D eigenvalue weighted by Gasteiger charge is -2.38. The van der Waals surface area contributed by atoms with E-state index in [0.717, 1.165) is 19.7 Å². The molecule has 2 rings (SSSR count). The summed E-state index contributed by atoms with van der Waals surface area (Å²) in [6.07, 6.45) is 0.158. The van der Waals surface area contributed by atoms with E-state index >= 15 is 0 Å². The fourth-order valence-electron chi connectivity index (χ4n) is 2.62. The Balaban J connectivity index is 2.09. The molecule has 100 valence electrons. The van der Waals surface area contributed by atoms with E-state index in [1.165, 1.54) is 11.1 Å². The Kier molecular flexibility index (Phi) is 4.38. The minimum Gasteiger partial charge on any atom is -0.374 e. The zero-order valence-electron chi connectivity index (χ0n) is 11.6. The number of nitrogens with zero attached hydrogens (tertiary/aromatic N) is 1. The summed E-state index contributed by atoms with van der Waals surface area (Å²) in [4.78, 5) is 2.47. The van der Waals surface area contributed by atoms with Crippen LogP contribution < -0.4 is 5.73 Å². The highest BCUT2D eigenvalue weighted by atomic mass is 16.5. The molecule has 1 fully saturated rings. The van der Waals surface area contributed by atoms with E-state index in [1.54, 1.807) is 0 Å². The predicted octanol–water partition coefficient (Wildman–Crippen LogP) is 2.10. The lowest BCUT2D eigenvalue weighted by atomic mass is 10.00. The Morgan fingerprint density at radius 1 is 1.33 bits per heavy atom. The molecule has 1 aromatic rings. The summed E-state index contributed by atoms with van der Waals surface area (Å²) in [6.45, 7) is 9.15. The lowest BCUT2D eigenvalue weighted by molar-refractivity contribution is -0.0499. The Morgan fingerprint density at radius 2 is 2.06 bits per heavy atom. The van der Waals surface area contributed by atoms with Crippen molar-refractivity contribution >= 4 is 0 Å². The van der Waals surface area contributed by atoms with Crippen molar-refractivity contribution in [1.82, 2.24) is 4.90 Å². The molecule has 0 spiro atoms. The molecule has 1 aliphatic heterocycles. The largest absolute Gasteiger partial charge is 0.374 e. The fourth-order valence-corrected chi connectivity index (χ4v) is 2.62. The van der Waals surface area contributed by atoms with Crippen LogP contribution in [0.4, 0.5) is 0 Å². The highest BCUT2D eigenvalue weighted by Gasteiger charge is 2.27. The molecule has 0 bridgehead atoms. The van der Waals surface area contributed by atoms with Crippen molar-refractivity contribution in [3.8, 4) is 0 Å². The molecule has 1 aromatic carbocycles. The number of morpholine rings is 1. The van der Waals surface area contributed by atoms with E-state index < -0.39 is 0 Å². The van der Waals surface area contributed by atoms with Gasteiger partial charge in [0.05, 0.1) is 12.7 Å². The van der Waals surface area contributed by atoms with Gasteiger partial charge in [-0.1, -0.05) is 24.3 Å². The summed E-state index contributed by atoms with van der Waals surface area (Å²) in [7, 11) is 0. The van der Waals surface area contributed by atoms with Crippen LogP contribution in [0.1, 0.15) is 31.0 Å². The van der Waals surface area contributed by atoms with Crippen molar-refractivity contribution in [3.05, 3.63) is 35.4 Å². The van der Waals surface area contributed by atoms with E-state index in [-0.39, 0.29) is 12.1 Å². The molecule has 0 amide bonds. The molecule has 0 aliphatic carbocycles.